The molecule has 1 aliphatic heterocycles. The Kier molecular flexibility index (Phi) is 8.69. The number of aromatic nitrogens is 2. The predicted molar refractivity (Wildman–Crippen MR) is 124 cm³/mol. The number of ether oxygens (including phenoxy) is 2. The van der Waals surface area contributed by atoms with E-state index < -0.39 is 5.97 Å². The van der Waals surface area contributed by atoms with Crippen molar-refractivity contribution in [2.75, 3.05) is 33.9 Å². The number of hydrogen-bond acceptors (Lipinski definition) is 7. The number of likely N-dealkylation sites (tertiary alicyclic amines) is 1. The van der Waals surface area contributed by atoms with E-state index in [1.54, 1.807) is 29.9 Å². The number of nitrogens with zero attached hydrogens (tertiary/aromatic N) is 3. The topological polar surface area (TPSA) is 90.7 Å². The highest BCUT2D eigenvalue weighted by molar-refractivity contribution is 8.00. The highest BCUT2D eigenvalue weighted by Gasteiger charge is 2.25. The monoisotopic (exact) mass is 461 g/mol. The Hall–Kier alpha value is -2.39. The van der Waals surface area contributed by atoms with Crippen LogP contribution in [0.4, 0.5) is 0 Å². The van der Waals surface area contributed by atoms with Crippen LogP contribution in [0.25, 0.3) is 10.9 Å². The highest BCUT2D eigenvalue weighted by Crippen LogP contribution is 2.25. The first kappa shape index (κ1) is 24.3. The summed E-state index contributed by atoms with van der Waals surface area (Å²) in [6.45, 7) is 4.36. The summed E-state index contributed by atoms with van der Waals surface area (Å²) in [5.74, 6) is -0.421. The maximum absolute atomic E-state index is 13.2. The quantitative estimate of drug-likeness (QED) is 0.258. The summed E-state index contributed by atoms with van der Waals surface area (Å²) >= 11 is 1.29. The fourth-order valence-corrected chi connectivity index (χ4v) is 4.87. The molecule has 1 fully saturated rings. The highest BCUT2D eigenvalue weighted by atomic mass is 32.2. The molecule has 1 atom stereocenters. The summed E-state index contributed by atoms with van der Waals surface area (Å²) in [5, 5.41) is 0.511. The lowest BCUT2D eigenvalue weighted by Crippen LogP contribution is -2.37. The van der Waals surface area contributed by atoms with Gasteiger partial charge in [-0.3, -0.25) is 14.2 Å². The second-order valence-corrected chi connectivity index (χ2v) is 9.23. The Morgan fingerprint density at radius 3 is 2.53 bits per heavy atom. The molecule has 0 N–H and O–H groups in total. The van der Waals surface area contributed by atoms with E-state index in [9.17, 15) is 14.4 Å². The average molecular weight is 462 g/mol. The summed E-state index contributed by atoms with van der Waals surface area (Å²) in [7, 11) is 2.93. The maximum atomic E-state index is 13.2. The average Bonchev–Trinajstić information content (AvgIpc) is 3.09. The second-order valence-electron chi connectivity index (χ2n) is 7.92. The molecular weight excluding hydrogens is 430 g/mol. The molecule has 1 aromatic heterocycles. The molecule has 9 heteroatoms. The number of thioether (sulfide) groups is 1. The van der Waals surface area contributed by atoms with Gasteiger partial charge in [-0.05, 0) is 44.4 Å². The lowest BCUT2D eigenvalue weighted by atomic mass is 10.1. The first-order chi connectivity index (χ1) is 15.5. The van der Waals surface area contributed by atoms with Crippen LogP contribution >= 0.6 is 11.8 Å². The van der Waals surface area contributed by atoms with Crippen LogP contribution in [0, 0.1) is 0 Å². The Labute approximate surface area is 192 Å². The van der Waals surface area contributed by atoms with Gasteiger partial charge in [0.15, 0.2) is 5.16 Å². The van der Waals surface area contributed by atoms with E-state index in [1.165, 1.54) is 18.9 Å². The number of rotatable bonds is 8. The molecule has 0 aliphatic carbocycles. The molecule has 0 bridgehead atoms. The van der Waals surface area contributed by atoms with E-state index in [2.05, 4.69) is 4.98 Å². The molecule has 8 nitrogen and oxygen atoms in total. The van der Waals surface area contributed by atoms with Crippen LogP contribution < -0.4 is 5.56 Å². The standard InChI is InChI=1S/C23H31N3O5S/c1-16(20(27)25-11-6-4-5-7-12-25)32-23-24-19-15-17(22(29)31-3)9-10-18(19)21(28)26(23)13-8-14-30-2/h9-10,15-16H,4-8,11-14H2,1-3H3. The van der Waals surface area contributed by atoms with Crippen LogP contribution in [0.1, 0.15) is 49.4 Å². The SMILES string of the molecule is COCCCn1c(SC(C)C(=O)N2CCCCCC2)nc2cc(C(=O)OC)ccc2c1=O. The van der Waals surface area contributed by atoms with Gasteiger partial charge in [0.1, 0.15) is 0 Å². The second kappa shape index (κ2) is 11.5. The number of carbonyl (C=O) groups is 2. The first-order valence-electron chi connectivity index (χ1n) is 11.0. The Morgan fingerprint density at radius 2 is 1.88 bits per heavy atom. The van der Waals surface area contributed by atoms with Gasteiger partial charge in [0, 0.05) is 33.4 Å². The van der Waals surface area contributed by atoms with Crippen molar-refractivity contribution in [2.45, 2.75) is 56.0 Å². The van der Waals surface area contributed by atoms with Crippen molar-refractivity contribution in [1.29, 1.82) is 0 Å². The zero-order valence-corrected chi connectivity index (χ0v) is 19.8. The van der Waals surface area contributed by atoms with Crippen LogP contribution in [-0.2, 0) is 20.8 Å². The van der Waals surface area contributed by atoms with Gasteiger partial charge in [0.05, 0.1) is 28.8 Å². The Balaban J connectivity index is 1.95. The predicted octanol–water partition coefficient (Wildman–Crippen LogP) is 3.10. The number of fused-ring (bicyclic) bond motifs is 1. The fraction of sp³-hybridized carbons (Fsp3) is 0.565. The molecular formula is C23H31N3O5S. The van der Waals surface area contributed by atoms with Gasteiger partial charge >= 0.3 is 5.97 Å². The number of benzene rings is 1. The van der Waals surface area contributed by atoms with Crippen molar-refractivity contribution >= 4 is 34.5 Å². The van der Waals surface area contributed by atoms with Gasteiger partial charge in [-0.15, -0.1) is 0 Å². The summed E-state index contributed by atoms with van der Waals surface area (Å²) in [4.78, 5) is 44.9. The number of amides is 1. The largest absolute Gasteiger partial charge is 0.465 e. The minimum atomic E-state index is -0.489. The lowest BCUT2D eigenvalue weighted by Gasteiger charge is -2.24. The zero-order valence-electron chi connectivity index (χ0n) is 19.0. The molecule has 0 radical (unpaired) electrons. The maximum Gasteiger partial charge on any atom is 0.337 e. The van der Waals surface area contributed by atoms with Crippen molar-refractivity contribution in [3.8, 4) is 0 Å². The molecule has 1 unspecified atom stereocenters. The number of esters is 1. The van der Waals surface area contributed by atoms with Crippen LogP contribution in [0.5, 0.6) is 0 Å². The molecule has 0 saturated carbocycles. The van der Waals surface area contributed by atoms with Gasteiger partial charge in [-0.1, -0.05) is 24.6 Å². The first-order valence-corrected chi connectivity index (χ1v) is 11.9. The zero-order chi connectivity index (χ0) is 23.1. The molecule has 2 aromatic rings. The van der Waals surface area contributed by atoms with Crippen molar-refractivity contribution in [2.24, 2.45) is 0 Å². The van der Waals surface area contributed by atoms with E-state index in [0.29, 0.717) is 41.2 Å². The van der Waals surface area contributed by atoms with Crippen molar-refractivity contribution in [3.63, 3.8) is 0 Å². The van der Waals surface area contributed by atoms with Crippen LogP contribution in [0.3, 0.4) is 0 Å². The number of methoxy groups -OCH3 is 2. The third kappa shape index (κ3) is 5.69. The molecule has 2 heterocycles. The minimum absolute atomic E-state index is 0.0676. The summed E-state index contributed by atoms with van der Waals surface area (Å²) < 4.78 is 11.5. The van der Waals surface area contributed by atoms with Gasteiger partial charge in [0.25, 0.3) is 5.56 Å². The Bertz CT molecular complexity index is 1010. The van der Waals surface area contributed by atoms with E-state index >= 15 is 0 Å². The molecule has 1 aliphatic rings. The van der Waals surface area contributed by atoms with Gasteiger partial charge in [-0.25, -0.2) is 9.78 Å². The summed E-state index contributed by atoms with van der Waals surface area (Å²) in [6.07, 6.45) is 4.99. The fourth-order valence-electron chi connectivity index (χ4n) is 3.86. The van der Waals surface area contributed by atoms with Crippen molar-refractivity contribution in [3.05, 3.63) is 34.1 Å². The van der Waals surface area contributed by atoms with Crippen LogP contribution in [-0.4, -0.2) is 65.5 Å². The van der Waals surface area contributed by atoms with Crippen molar-refractivity contribution in [1.82, 2.24) is 14.5 Å². The van der Waals surface area contributed by atoms with Crippen LogP contribution in [0.2, 0.25) is 0 Å². The summed E-state index contributed by atoms with van der Waals surface area (Å²) in [6, 6.07) is 4.73. The van der Waals surface area contributed by atoms with Gasteiger partial charge in [-0.2, -0.15) is 0 Å². The van der Waals surface area contributed by atoms with E-state index in [0.717, 1.165) is 38.8 Å². The minimum Gasteiger partial charge on any atom is -0.465 e. The van der Waals surface area contributed by atoms with E-state index in [-0.39, 0.29) is 16.7 Å². The normalized spacial score (nSPS) is 15.4. The molecule has 32 heavy (non-hydrogen) atoms. The van der Waals surface area contributed by atoms with E-state index in [4.69, 9.17) is 9.47 Å². The molecule has 1 saturated heterocycles. The Morgan fingerprint density at radius 1 is 1.16 bits per heavy atom. The third-order valence-corrected chi connectivity index (χ3v) is 6.70. The molecule has 3 rings (SSSR count). The molecule has 0 spiro atoms. The van der Waals surface area contributed by atoms with Gasteiger partial charge < -0.3 is 14.4 Å². The third-order valence-electron chi connectivity index (χ3n) is 5.62. The number of carbonyl (C=O) groups excluding carboxylic acids is 2. The summed E-state index contributed by atoms with van der Waals surface area (Å²) in [5.41, 5.74) is 0.547. The molecule has 174 valence electrons. The van der Waals surface area contributed by atoms with Gasteiger partial charge in [0.2, 0.25) is 5.91 Å². The molecule has 1 aromatic carbocycles. The van der Waals surface area contributed by atoms with Crippen LogP contribution in [0.15, 0.2) is 28.2 Å². The smallest absolute Gasteiger partial charge is 0.337 e. The number of hydrogen-bond donors (Lipinski definition) is 0. The van der Waals surface area contributed by atoms with Crippen molar-refractivity contribution < 1.29 is 19.1 Å². The lowest BCUT2D eigenvalue weighted by molar-refractivity contribution is -0.130. The van der Waals surface area contributed by atoms with E-state index in [1.807, 2.05) is 11.8 Å². The molecule has 1 amide bonds.